The lowest BCUT2D eigenvalue weighted by Crippen LogP contribution is -2.07. The van der Waals surface area contributed by atoms with Crippen molar-refractivity contribution in [3.63, 3.8) is 0 Å². The molecule has 0 aliphatic heterocycles. The number of anilines is 1. The van der Waals surface area contributed by atoms with Crippen LogP contribution in [0.2, 0.25) is 0 Å². The highest BCUT2D eigenvalue weighted by molar-refractivity contribution is 5.44. The molecule has 0 saturated carbocycles. The quantitative estimate of drug-likeness (QED) is 0.574. The minimum atomic E-state index is -0.189. The van der Waals surface area contributed by atoms with E-state index in [9.17, 15) is 4.39 Å². The van der Waals surface area contributed by atoms with E-state index in [0.717, 1.165) is 5.69 Å². The fourth-order valence-electron chi connectivity index (χ4n) is 0.739. The summed E-state index contributed by atoms with van der Waals surface area (Å²) in [6.45, 7) is 0. The van der Waals surface area contributed by atoms with Crippen LogP contribution in [0.5, 0.6) is 0 Å². The molecule has 1 rings (SSSR count). The molecule has 0 aliphatic carbocycles. The molecule has 0 fully saturated rings. The first-order valence-electron chi connectivity index (χ1n) is 3.13. The highest BCUT2D eigenvalue weighted by Gasteiger charge is 1.92. The average molecular weight is 139 g/mol. The van der Waals surface area contributed by atoms with Crippen molar-refractivity contribution in [2.24, 2.45) is 0 Å². The molecule has 0 N–H and O–H groups in total. The summed E-state index contributed by atoms with van der Waals surface area (Å²) in [5, 5.41) is 0. The molecule has 0 bridgehead atoms. The third-order valence-electron chi connectivity index (χ3n) is 1.34. The molecule has 0 aliphatic rings. The molecule has 1 aromatic rings. The van der Waals surface area contributed by atoms with Crippen molar-refractivity contribution in [1.29, 1.82) is 0 Å². The summed E-state index contributed by atoms with van der Waals surface area (Å²) >= 11 is 0. The third kappa shape index (κ3) is 1.47. The van der Waals surface area contributed by atoms with E-state index in [0.29, 0.717) is 0 Å². The van der Waals surface area contributed by atoms with Gasteiger partial charge in [0.05, 0.1) is 0 Å². The Kier molecular flexibility index (Phi) is 1.90. The molecule has 0 heterocycles. The van der Waals surface area contributed by atoms with Gasteiger partial charge in [-0.3, -0.25) is 0 Å². The lowest BCUT2D eigenvalue weighted by Gasteiger charge is -2.10. The van der Waals surface area contributed by atoms with Gasteiger partial charge in [0.1, 0.15) is 5.82 Å². The fraction of sp³-hybridized carbons (Fsp3) is 0.250. The van der Waals surface area contributed by atoms with Crippen molar-refractivity contribution in [2.45, 2.75) is 0 Å². The molecular weight excluding hydrogens is 129 g/mol. The molecule has 0 amide bonds. The predicted molar refractivity (Wildman–Crippen MR) is 40.7 cm³/mol. The van der Waals surface area contributed by atoms with Gasteiger partial charge < -0.3 is 4.90 Å². The Balaban J connectivity index is 2.89. The summed E-state index contributed by atoms with van der Waals surface area (Å²) in [5.74, 6) is -0.189. The van der Waals surface area contributed by atoms with Crippen LogP contribution in [0.25, 0.3) is 0 Å². The van der Waals surface area contributed by atoms with Crippen LogP contribution in [0.1, 0.15) is 0 Å². The Bertz CT molecular complexity index is 203. The standard InChI is InChI=1S/C8H10FN/c1-10(2)8-5-3-7(9)4-6-8/h3-6H,1-2H3. The van der Waals surface area contributed by atoms with Gasteiger partial charge in [-0.25, -0.2) is 4.39 Å². The van der Waals surface area contributed by atoms with E-state index in [4.69, 9.17) is 0 Å². The Morgan fingerprint density at radius 1 is 1.10 bits per heavy atom. The maximum Gasteiger partial charge on any atom is 0.123 e. The summed E-state index contributed by atoms with van der Waals surface area (Å²) in [4.78, 5) is 1.93. The van der Waals surface area contributed by atoms with E-state index in [1.165, 1.54) is 12.1 Å². The second kappa shape index (κ2) is 2.69. The van der Waals surface area contributed by atoms with E-state index in [2.05, 4.69) is 0 Å². The van der Waals surface area contributed by atoms with Crippen molar-refractivity contribution in [1.82, 2.24) is 0 Å². The Morgan fingerprint density at radius 3 is 2.00 bits per heavy atom. The molecular formula is C8H10FN. The SMILES string of the molecule is CN(C)c1ccc(F)cc1. The van der Waals surface area contributed by atoms with Gasteiger partial charge in [0, 0.05) is 19.8 Å². The second-order valence-electron chi connectivity index (χ2n) is 2.37. The zero-order valence-corrected chi connectivity index (χ0v) is 6.13. The van der Waals surface area contributed by atoms with E-state index in [1.54, 1.807) is 12.1 Å². The van der Waals surface area contributed by atoms with Gasteiger partial charge in [0.15, 0.2) is 0 Å². The fourth-order valence-corrected chi connectivity index (χ4v) is 0.739. The highest BCUT2D eigenvalue weighted by atomic mass is 19.1. The van der Waals surface area contributed by atoms with Crippen molar-refractivity contribution in [3.8, 4) is 0 Å². The molecule has 1 aromatic carbocycles. The molecule has 54 valence electrons. The van der Waals surface area contributed by atoms with Crippen LogP contribution in [0, 0.1) is 5.82 Å². The number of hydrogen-bond donors (Lipinski definition) is 0. The third-order valence-corrected chi connectivity index (χ3v) is 1.34. The van der Waals surface area contributed by atoms with Crippen LogP contribution in [-0.4, -0.2) is 14.1 Å². The number of halogens is 1. The van der Waals surface area contributed by atoms with E-state index in [-0.39, 0.29) is 5.82 Å². The maximum absolute atomic E-state index is 12.3. The van der Waals surface area contributed by atoms with Gasteiger partial charge in [0.2, 0.25) is 0 Å². The van der Waals surface area contributed by atoms with Crippen molar-refractivity contribution < 1.29 is 4.39 Å². The molecule has 0 aromatic heterocycles. The number of benzene rings is 1. The summed E-state index contributed by atoms with van der Waals surface area (Å²) in [6.07, 6.45) is 0. The molecule has 0 atom stereocenters. The van der Waals surface area contributed by atoms with Gasteiger partial charge >= 0.3 is 0 Å². The van der Waals surface area contributed by atoms with Crippen LogP contribution in [0.4, 0.5) is 10.1 Å². The van der Waals surface area contributed by atoms with E-state index in [1.807, 2.05) is 19.0 Å². The molecule has 2 heteroatoms. The highest BCUT2D eigenvalue weighted by Crippen LogP contribution is 2.10. The minimum Gasteiger partial charge on any atom is -0.378 e. The Morgan fingerprint density at radius 2 is 1.60 bits per heavy atom. The van der Waals surface area contributed by atoms with Gasteiger partial charge in [-0.15, -0.1) is 0 Å². The molecule has 0 saturated heterocycles. The summed E-state index contributed by atoms with van der Waals surface area (Å²) in [7, 11) is 3.85. The van der Waals surface area contributed by atoms with Crippen LogP contribution in [0.15, 0.2) is 24.3 Å². The normalized spacial score (nSPS) is 9.50. The lowest BCUT2D eigenvalue weighted by molar-refractivity contribution is 0.628. The van der Waals surface area contributed by atoms with Crippen LogP contribution in [0.3, 0.4) is 0 Å². The van der Waals surface area contributed by atoms with Gasteiger partial charge in [-0.1, -0.05) is 0 Å². The van der Waals surface area contributed by atoms with E-state index >= 15 is 0 Å². The largest absolute Gasteiger partial charge is 0.378 e. The first-order valence-corrected chi connectivity index (χ1v) is 3.13. The van der Waals surface area contributed by atoms with Crippen LogP contribution < -0.4 is 4.90 Å². The minimum absolute atomic E-state index is 0.189. The lowest BCUT2D eigenvalue weighted by atomic mass is 10.3. The van der Waals surface area contributed by atoms with Crippen molar-refractivity contribution >= 4 is 5.69 Å². The van der Waals surface area contributed by atoms with Gasteiger partial charge in [-0.05, 0) is 24.3 Å². The molecule has 0 unspecified atom stereocenters. The van der Waals surface area contributed by atoms with E-state index < -0.39 is 0 Å². The Labute approximate surface area is 60.1 Å². The topological polar surface area (TPSA) is 3.24 Å². The zero-order valence-electron chi connectivity index (χ0n) is 6.13. The first kappa shape index (κ1) is 7.06. The van der Waals surface area contributed by atoms with Gasteiger partial charge in [0.25, 0.3) is 0 Å². The average Bonchev–Trinajstić information content (AvgIpc) is 1.88. The maximum atomic E-state index is 12.3. The summed E-state index contributed by atoms with van der Waals surface area (Å²) in [6, 6.07) is 6.40. The molecule has 0 spiro atoms. The zero-order chi connectivity index (χ0) is 7.56. The Hall–Kier alpha value is -1.05. The molecule has 0 radical (unpaired) electrons. The number of hydrogen-bond acceptors (Lipinski definition) is 1. The van der Waals surface area contributed by atoms with Crippen LogP contribution in [-0.2, 0) is 0 Å². The monoisotopic (exact) mass is 139 g/mol. The molecule has 10 heavy (non-hydrogen) atoms. The smallest absolute Gasteiger partial charge is 0.123 e. The summed E-state index contributed by atoms with van der Waals surface area (Å²) < 4.78 is 12.3. The number of nitrogens with zero attached hydrogens (tertiary/aromatic N) is 1. The van der Waals surface area contributed by atoms with Crippen molar-refractivity contribution in [3.05, 3.63) is 30.1 Å². The van der Waals surface area contributed by atoms with Crippen molar-refractivity contribution in [2.75, 3.05) is 19.0 Å². The molecule has 1 nitrogen and oxygen atoms in total. The predicted octanol–water partition coefficient (Wildman–Crippen LogP) is 1.89. The second-order valence-corrected chi connectivity index (χ2v) is 2.37. The first-order chi connectivity index (χ1) is 4.70. The van der Waals surface area contributed by atoms with Crippen LogP contribution >= 0.6 is 0 Å². The number of rotatable bonds is 1. The van der Waals surface area contributed by atoms with Gasteiger partial charge in [-0.2, -0.15) is 0 Å². The summed E-state index contributed by atoms with van der Waals surface area (Å²) in [5.41, 5.74) is 1.02.